The number of ether oxygens (including phenoxy) is 1. The van der Waals surface area contributed by atoms with Gasteiger partial charge in [0.1, 0.15) is 12.4 Å². The summed E-state index contributed by atoms with van der Waals surface area (Å²) in [5.41, 5.74) is 1.13. The minimum Gasteiger partial charge on any atom is -0.486 e. The number of rotatable bonds is 3. The van der Waals surface area contributed by atoms with E-state index in [2.05, 4.69) is 26.1 Å². The van der Waals surface area contributed by atoms with E-state index in [0.717, 1.165) is 20.8 Å². The standard InChI is InChI=1S/C10H8BrClN2OS/c1-6-4-7(2-3-8(6)11)15-5-9-13-14-10(12)16-9/h2-4H,5H2,1H3. The molecule has 0 saturated heterocycles. The lowest BCUT2D eigenvalue weighted by molar-refractivity contribution is 0.304. The third-order valence-corrected chi connectivity index (χ3v) is 3.82. The first kappa shape index (κ1) is 11.8. The molecule has 1 aromatic heterocycles. The van der Waals surface area contributed by atoms with Crippen LogP contribution >= 0.6 is 38.9 Å². The second kappa shape index (κ2) is 5.12. The molecular weight excluding hydrogens is 312 g/mol. The van der Waals surface area contributed by atoms with Crippen LogP contribution in [0.25, 0.3) is 0 Å². The van der Waals surface area contributed by atoms with Gasteiger partial charge in [0.15, 0.2) is 5.01 Å². The molecule has 0 unspecified atom stereocenters. The summed E-state index contributed by atoms with van der Waals surface area (Å²) in [6.45, 7) is 2.41. The molecular formula is C10H8BrClN2OS. The van der Waals surface area contributed by atoms with E-state index in [4.69, 9.17) is 16.3 Å². The third kappa shape index (κ3) is 2.93. The van der Waals surface area contributed by atoms with Gasteiger partial charge in [0.25, 0.3) is 0 Å². The first-order valence-corrected chi connectivity index (χ1v) is 6.51. The van der Waals surface area contributed by atoms with Crippen LogP contribution in [0.3, 0.4) is 0 Å². The van der Waals surface area contributed by atoms with Crippen molar-refractivity contribution in [2.24, 2.45) is 0 Å². The fourth-order valence-corrected chi connectivity index (χ4v) is 2.17. The van der Waals surface area contributed by atoms with Crippen LogP contribution in [0.2, 0.25) is 4.47 Å². The highest BCUT2D eigenvalue weighted by Gasteiger charge is 2.03. The maximum absolute atomic E-state index is 5.67. The van der Waals surface area contributed by atoms with E-state index in [9.17, 15) is 0 Å². The molecule has 0 bridgehead atoms. The second-order valence-corrected chi connectivity index (χ2v) is 5.65. The van der Waals surface area contributed by atoms with Crippen LogP contribution in [0.5, 0.6) is 5.75 Å². The first-order chi connectivity index (χ1) is 7.65. The third-order valence-electron chi connectivity index (χ3n) is 1.93. The van der Waals surface area contributed by atoms with Crippen molar-refractivity contribution < 1.29 is 4.74 Å². The Morgan fingerprint density at radius 1 is 1.44 bits per heavy atom. The molecule has 0 aliphatic carbocycles. The normalized spacial score (nSPS) is 10.4. The van der Waals surface area contributed by atoms with Crippen LogP contribution in [0.15, 0.2) is 22.7 Å². The molecule has 0 aliphatic rings. The predicted octanol–water partition coefficient (Wildman–Crippen LogP) is 3.84. The summed E-state index contributed by atoms with van der Waals surface area (Å²) in [6.07, 6.45) is 0. The smallest absolute Gasteiger partial charge is 0.207 e. The summed E-state index contributed by atoms with van der Waals surface area (Å²) >= 11 is 10.4. The molecule has 0 saturated carbocycles. The molecule has 2 aromatic rings. The topological polar surface area (TPSA) is 35.0 Å². The zero-order valence-electron chi connectivity index (χ0n) is 8.41. The van der Waals surface area contributed by atoms with Crippen molar-refractivity contribution in [1.82, 2.24) is 10.2 Å². The maximum Gasteiger partial charge on any atom is 0.207 e. The second-order valence-electron chi connectivity index (χ2n) is 3.15. The van der Waals surface area contributed by atoms with E-state index >= 15 is 0 Å². The number of hydrogen-bond acceptors (Lipinski definition) is 4. The van der Waals surface area contributed by atoms with Crippen LogP contribution in [-0.2, 0) is 6.61 Å². The number of nitrogens with zero attached hydrogens (tertiary/aromatic N) is 2. The van der Waals surface area contributed by atoms with Crippen molar-refractivity contribution >= 4 is 38.9 Å². The van der Waals surface area contributed by atoms with Gasteiger partial charge in [-0.3, -0.25) is 0 Å². The highest BCUT2D eigenvalue weighted by atomic mass is 79.9. The van der Waals surface area contributed by atoms with Gasteiger partial charge >= 0.3 is 0 Å². The molecule has 84 valence electrons. The van der Waals surface area contributed by atoms with Crippen molar-refractivity contribution in [2.45, 2.75) is 13.5 Å². The van der Waals surface area contributed by atoms with Gasteiger partial charge < -0.3 is 4.74 Å². The summed E-state index contributed by atoms with van der Waals surface area (Å²) in [5, 5.41) is 8.35. The Morgan fingerprint density at radius 3 is 2.88 bits per heavy atom. The Kier molecular flexibility index (Phi) is 3.78. The highest BCUT2D eigenvalue weighted by Crippen LogP contribution is 2.23. The van der Waals surface area contributed by atoms with Crippen LogP contribution in [0, 0.1) is 6.92 Å². The molecule has 0 aliphatic heterocycles. The molecule has 16 heavy (non-hydrogen) atoms. The van der Waals surface area contributed by atoms with E-state index in [0.29, 0.717) is 11.1 Å². The van der Waals surface area contributed by atoms with E-state index in [1.165, 1.54) is 11.3 Å². The molecule has 0 spiro atoms. The fourth-order valence-electron chi connectivity index (χ4n) is 1.14. The van der Waals surface area contributed by atoms with Crippen molar-refractivity contribution in [2.75, 3.05) is 0 Å². The quantitative estimate of drug-likeness (QED) is 0.862. The van der Waals surface area contributed by atoms with E-state index in [1.54, 1.807) is 0 Å². The lowest BCUT2D eigenvalue weighted by Crippen LogP contribution is -1.95. The summed E-state index contributed by atoms with van der Waals surface area (Å²) in [6, 6.07) is 5.82. The minimum atomic E-state index is 0.394. The van der Waals surface area contributed by atoms with Gasteiger partial charge in [0.2, 0.25) is 4.47 Å². The largest absolute Gasteiger partial charge is 0.486 e. The molecule has 0 fully saturated rings. The van der Waals surface area contributed by atoms with Crippen molar-refractivity contribution in [3.63, 3.8) is 0 Å². The van der Waals surface area contributed by atoms with Gasteiger partial charge in [-0.2, -0.15) is 0 Å². The SMILES string of the molecule is Cc1cc(OCc2nnc(Cl)s2)ccc1Br. The Balaban J connectivity index is 2.02. The molecule has 1 heterocycles. The van der Waals surface area contributed by atoms with Gasteiger partial charge in [0, 0.05) is 4.47 Å². The maximum atomic E-state index is 5.67. The number of aryl methyl sites for hydroxylation is 1. The van der Waals surface area contributed by atoms with E-state index in [1.807, 2.05) is 25.1 Å². The van der Waals surface area contributed by atoms with Crippen molar-refractivity contribution in [3.8, 4) is 5.75 Å². The Hall–Kier alpha value is -0.650. The average Bonchev–Trinajstić information content (AvgIpc) is 2.66. The molecule has 0 radical (unpaired) electrons. The van der Waals surface area contributed by atoms with Gasteiger partial charge in [-0.1, -0.05) is 27.3 Å². The number of aromatic nitrogens is 2. The van der Waals surface area contributed by atoms with E-state index in [-0.39, 0.29) is 0 Å². The molecule has 0 amide bonds. The molecule has 1 aromatic carbocycles. The zero-order chi connectivity index (χ0) is 11.5. The molecule has 3 nitrogen and oxygen atoms in total. The summed E-state index contributed by atoms with van der Waals surface area (Å²) < 4.78 is 7.07. The summed E-state index contributed by atoms with van der Waals surface area (Å²) in [4.78, 5) is 0. The van der Waals surface area contributed by atoms with Crippen LogP contribution in [0.4, 0.5) is 0 Å². The first-order valence-electron chi connectivity index (χ1n) is 4.52. The molecule has 6 heteroatoms. The lowest BCUT2D eigenvalue weighted by Gasteiger charge is -2.05. The highest BCUT2D eigenvalue weighted by molar-refractivity contribution is 9.10. The molecule has 0 atom stereocenters. The monoisotopic (exact) mass is 318 g/mol. The fraction of sp³-hybridized carbons (Fsp3) is 0.200. The Bertz CT molecular complexity index is 503. The minimum absolute atomic E-state index is 0.394. The molecule has 0 N–H and O–H groups in total. The number of benzene rings is 1. The van der Waals surface area contributed by atoms with Crippen molar-refractivity contribution in [3.05, 3.63) is 37.7 Å². The van der Waals surface area contributed by atoms with Crippen LogP contribution in [0.1, 0.15) is 10.6 Å². The predicted molar refractivity (Wildman–Crippen MR) is 68.1 cm³/mol. The van der Waals surface area contributed by atoms with Gasteiger partial charge in [-0.05, 0) is 42.3 Å². The lowest BCUT2D eigenvalue weighted by atomic mass is 10.2. The van der Waals surface area contributed by atoms with Gasteiger partial charge in [0.05, 0.1) is 0 Å². The number of halogens is 2. The van der Waals surface area contributed by atoms with Crippen molar-refractivity contribution in [1.29, 1.82) is 0 Å². The summed E-state index contributed by atoms with van der Waals surface area (Å²) in [5.74, 6) is 0.812. The zero-order valence-corrected chi connectivity index (χ0v) is 11.6. The van der Waals surface area contributed by atoms with Gasteiger partial charge in [-0.15, -0.1) is 10.2 Å². The Morgan fingerprint density at radius 2 is 2.25 bits per heavy atom. The molecule has 2 rings (SSSR count). The number of hydrogen-bond donors (Lipinski definition) is 0. The Labute approximate surface area is 111 Å². The average molecular weight is 320 g/mol. The summed E-state index contributed by atoms with van der Waals surface area (Å²) in [7, 11) is 0. The van der Waals surface area contributed by atoms with Crippen LogP contribution in [-0.4, -0.2) is 10.2 Å². The van der Waals surface area contributed by atoms with E-state index < -0.39 is 0 Å². The van der Waals surface area contributed by atoms with Crippen LogP contribution < -0.4 is 4.74 Å². The van der Waals surface area contributed by atoms with Gasteiger partial charge in [-0.25, -0.2) is 0 Å².